The zero-order chi connectivity index (χ0) is 19.8. The first-order chi connectivity index (χ1) is 14.2. The average molecular weight is 499 g/mol. The van der Waals surface area contributed by atoms with E-state index in [0.717, 1.165) is 57.2 Å². The molecule has 2 fully saturated rings. The highest BCUT2D eigenvalue weighted by Gasteiger charge is 2.29. The molecular weight excluding hydrogens is 477 g/mol. The monoisotopic (exact) mass is 499 g/mol. The minimum absolute atomic E-state index is 0.00971. The minimum Gasteiger partial charge on any atom is -0.356 e. The van der Waals surface area contributed by atoms with Gasteiger partial charge in [-0.25, -0.2) is 4.68 Å². The zero-order valence-electron chi connectivity index (χ0n) is 16.0. The largest absolute Gasteiger partial charge is 0.356 e. The van der Waals surface area contributed by atoms with Gasteiger partial charge in [0.05, 0.1) is 5.52 Å². The molecule has 2 aliphatic heterocycles. The van der Waals surface area contributed by atoms with Gasteiger partial charge >= 0.3 is 0 Å². The third-order valence-electron chi connectivity index (χ3n) is 5.74. The van der Waals surface area contributed by atoms with Crippen LogP contribution in [-0.4, -0.2) is 28.8 Å². The van der Waals surface area contributed by atoms with Crippen LogP contribution in [0.2, 0.25) is 0 Å². The molecule has 2 unspecified atom stereocenters. The van der Waals surface area contributed by atoms with Gasteiger partial charge in [0.1, 0.15) is 3.70 Å². The number of hydrogen-bond donors (Lipinski definition) is 1. The van der Waals surface area contributed by atoms with Gasteiger partial charge in [-0.3, -0.25) is 4.79 Å². The van der Waals surface area contributed by atoms with Crippen molar-refractivity contribution in [3.8, 4) is 0 Å². The second-order valence-electron chi connectivity index (χ2n) is 7.61. The van der Waals surface area contributed by atoms with Crippen molar-refractivity contribution in [1.29, 1.82) is 0 Å². The Hall–Kier alpha value is -2.19. The summed E-state index contributed by atoms with van der Waals surface area (Å²) in [6, 6.07) is 16.5. The van der Waals surface area contributed by atoms with Crippen molar-refractivity contribution < 1.29 is 9.53 Å². The molecule has 1 aromatic heterocycles. The lowest BCUT2D eigenvalue weighted by Gasteiger charge is -2.23. The van der Waals surface area contributed by atoms with Gasteiger partial charge in [0, 0.05) is 30.0 Å². The first-order valence-electron chi connectivity index (χ1n) is 10.0. The van der Waals surface area contributed by atoms with Crippen LogP contribution in [0, 0.1) is 3.70 Å². The summed E-state index contributed by atoms with van der Waals surface area (Å²) in [7, 11) is 0. The first kappa shape index (κ1) is 18.8. The summed E-state index contributed by atoms with van der Waals surface area (Å²) in [5.41, 5.74) is 4.04. The van der Waals surface area contributed by atoms with Crippen LogP contribution < -0.4 is 5.32 Å². The minimum atomic E-state index is -0.00971. The van der Waals surface area contributed by atoms with Crippen LogP contribution in [0.5, 0.6) is 0 Å². The van der Waals surface area contributed by atoms with Gasteiger partial charge in [-0.2, -0.15) is 5.10 Å². The Morgan fingerprint density at radius 3 is 2.83 bits per heavy atom. The number of halogens is 1. The number of amides is 1. The van der Waals surface area contributed by atoms with E-state index in [2.05, 4.69) is 58.2 Å². The summed E-state index contributed by atoms with van der Waals surface area (Å²) >= 11 is 2.28. The molecule has 0 spiro atoms. The summed E-state index contributed by atoms with van der Waals surface area (Å²) in [5, 5.41) is 8.86. The molecule has 3 heterocycles. The molecule has 1 amide bonds. The van der Waals surface area contributed by atoms with Crippen molar-refractivity contribution >= 4 is 45.5 Å². The van der Waals surface area contributed by atoms with Gasteiger partial charge in [0.25, 0.3) is 0 Å². The van der Waals surface area contributed by atoms with Gasteiger partial charge in [0.15, 0.2) is 6.23 Å². The second-order valence-corrected chi connectivity index (χ2v) is 8.63. The Labute approximate surface area is 183 Å². The summed E-state index contributed by atoms with van der Waals surface area (Å²) in [6.45, 7) is 1.42. The summed E-state index contributed by atoms with van der Waals surface area (Å²) in [6.07, 6.45) is 5.26. The normalized spacial score (nSPS) is 23.6. The zero-order valence-corrected chi connectivity index (χ0v) is 18.1. The fraction of sp³-hybridized carbons (Fsp3) is 0.304. The lowest BCUT2D eigenvalue weighted by atomic mass is 9.92. The Balaban J connectivity index is 1.55. The number of rotatable bonds is 3. The number of aromatic nitrogens is 2. The van der Waals surface area contributed by atoms with Gasteiger partial charge in [-0.15, -0.1) is 0 Å². The van der Waals surface area contributed by atoms with Crippen molar-refractivity contribution in [1.82, 2.24) is 15.1 Å². The van der Waals surface area contributed by atoms with Crippen molar-refractivity contribution in [2.75, 3.05) is 13.2 Å². The van der Waals surface area contributed by atoms with Crippen molar-refractivity contribution in [2.45, 2.75) is 31.4 Å². The van der Waals surface area contributed by atoms with Crippen LogP contribution in [0.3, 0.4) is 0 Å². The topological polar surface area (TPSA) is 56.2 Å². The number of nitrogens with zero attached hydrogens (tertiary/aromatic N) is 2. The van der Waals surface area contributed by atoms with Crippen molar-refractivity contribution in [3.63, 3.8) is 0 Å². The fourth-order valence-corrected chi connectivity index (χ4v) is 4.92. The van der Waals surface area contributed by atoms with Crippen LogP contribution in [0.1, 0.15) is 42.5 Å². The van der Waals surface area contributed by atoms with E-state index >= 15 is 0 Å². The summed E-state index contributed by atoms with van der Waals surface area (Å²) < 4.78 is 8.96. The second kappa shape index (κ2) is 7.91. The van der Waals surface area contributed by atoms with E-state index in [4.69, 9.17) is 9.84 Å². The quantitative estimate of drug-likeness (QED) is 0.422. The Morgan fingerprint density at radius 2 is 2.03 bits per heavy atom. The molecule has 2 atom stereocenters. The van der Waals surface area contributed by atoms with Gasteiger partial charge in [-0.1, -0.05) is 36.4 Å². The van der Waals surface area contributed by atoms with Crippen LogP contribution >= 0.6 is 22.6 Å². The van der Waals surface area contributed by atoms with Crippen molar-refractivity contribution in [2.24, 2.45) is 0 Å². The fourth-order valence-electron chi connectivity index (χ4n) is 4.23. The number of carbonyl (C=O) groups excluding carboxylic acids is 1. The number of hydrogen-bond acceptors (Lipinski definition) is 3. The number of carbonyl (C=O) groups is 1. The van der Waals surface area contributed by atoms with E-state index in [-0.39, 0.29) is 18.1 Å². The maximum atomic E-state index is 12.5. The molecule has 0 saturated carbocycles. The van der Waals surface area contributed by atoms with Crippen LogP contribution in [0.4, 0.5) is 0 Å². The number of nitrogens with one attached hydrogen (secondary N) is 1. The maximum absolute atomic E-state index is 12.5. The number of fused-ring (bicyclic) bond motifs is 1. The predicted octanol–water partition coefficient (Wildman–Crippen LogP) is 4.64. The Bertz CT molecular complexity index is 1080. The Morgan fingerprint density at radius 1 is 1.17 bits per heavy atom. The first-order valence-corrected chi connectivity index (χ1v) is 11.1. The van der Waals surface area contributed by atoms with E-state index in [1.54, 1.807) is 0 Å². The van der Waals surface area contributed by atoms with Gasteiger partial charge < -0.3 is 10.1 Å². The molecule has 2 saturated heterocycles. The molecule has 2 aromatic carbocycles. The van der Waals surface area contributed by atoms with Crippen LogP contribution in [0.25, 0.3) is 17.0 Å². The molecule has 0 aliphatic carbocycles. The van der Waals surface area contributed by atoms with E-state index in [1.807, 2.05) is 29.0 Å². The summed E-state index contributed by atoms with van der Waals surface area (Å²) in [4.78, 5) is 12.5. The third-order valence-corrected chi connectivity index (χ3v) is 6.54. The molecule has 148 valence electrons. The smallest absolute Gasteiger partial charge is 0.247 e. The molecule has 0 radical (unpaired) electrons. The SMILES string of the molecule is O=C1NCC(c2ccccc2)C1=Cc1ccc2c(I)nn(C3CCCCO3)c2c1. The number of ether oxygens (including phenoxy) is 1. The van der Waals surface area contributed by atoms with Gasteiger partial charge in [0.2, 0.25) is 5.91 Å². The standard InChI is InChI=1S/C23H22IN3O2/c24-22-17-10-9-15(13-20(17)27(26-22)21-8-4-5-11-29-21)12-18-19(14-25-23(18)28)16-6-2-1-3-7-16/h1-3,6-7,9-10,12-13,19,21H,4-5,8,11,14H2,(H,25,28). The highest BCUT2D eigenvalue weighted by atomic mass is 127. The highest BCUT2D eigenvalue weighted by molar-refractivity contribution is 14.1. The molecule has 29 heavy (non-hydrogen) atoms. The molecule has 0 bridgehead atoms. The summed E-state index contributed by atoms with van der Waals surface area (Å²) in [5.74, 6) is 0.0868. The third kappa shape index (κ3) is 3.59. The van der Waals surface area contributed by atoms with E-state index in [1.165, 1.54) is 0 Å². The van der Waals surface area contributed by atoms with Crippen LogP contribution in [-0.2, 0) is 9.53 Å². The van der Waals surface area contributed by atoms with E-state index < -0.39 is 0 Å². The van der Waals surface area contributed by atoms with Crippen LogP contribution in [0.15, 0.2) is 54.1 Å². The molecule has 1 N–H and O–H groups in total. The number of benzene rings is 2. The molecule has 6 heteroatoms. The Kier molecular flexibility index (Phi) is 5.13. The lowest BCUT2D eigenvalue weighted by Crippen LogP contribution is -2.19. The van der Waals surface area contributed by atoms with Crippen molar-refractivity contribution in [3.05, 3.63) is 68.9 Å². The molecule has 2 aliphatic rings. The van der Waals surface area contributed by atoms with E-state index in [9.17, 15) is 4.79 Å². The molecule has 5 nitrogen and oxygen atoms in total. The average Bonchev–Trinajstić information content (AvgIpc) is 3.29. The van der Waals surface area contributed by atoms with Gasteiger partial charge in [-0.05, 0) is 71.2 Å². The molecule has 5 rings (SSSR count). The van der Waals surface area contributed by atoms with E-state index in [0.29, 0.717) is 6.54 Å². The highest BCUT2D eigenvalue weighted by Crippen LogP contribution is 2.32. The molecular formula is C23H22IN3O2. The lowest BCUT2D eigenvalue weighted by molar-refractivity contribution is -0.116. The molecule has 3 aromatic rings. The maximum Gasteiger partial charge on any atom is 0.247 e. The predicted molar refractivity (Wildman–Crippen MR) is 121 cm³/mol.